The first kappa shape index (κ1) is 65.3. The van der Waals surface area contributed by atoms with Gasteiger partial charge in [0.05, 0.1) is 79.4 Å². The number of aliphatic hydroxyl groups excluding tert-OH is 9. The van der Waals surface area contributed by atoms with Crippen LogP contribution in [0.3, 0.4) is 0 Å². The lowest BCUT2D eigenvalue weighted by atomic mass is 9.82. The van der Waals surface area contributed by atoms with Gasteiger partial charge < -0.3 is 91.3 Å². The molecule has 426 valence electrons. The quantitative estimate of drug-likeness (QED) is 0.133. The van der Waals surface area contributed by atoms with Crippen molar-refractivity contribution in [1.82, 2.24) is 15.5 Å². The number of ether oxygens (including phenoxy) is 4. The number of hydrogen-bond acceptors (Lipinski definition) is 19. The van der Waals surface area contributed by atoms with Crippen LogP contribution in [0.2, 0.25) is 0 Å². The van der Waals surface area contributed by atoms with Gasteiger partial charge in [0, 0.05) is 63.6 Å². The summed E-state index contributed by atoms with van der Waals surface area (Å²) in [7, 11) is 3.63. The van der Waals surface area contributed by atoms with Gasteiger partial charge in [-0.3, -0.25) is 14.4 Å². The van der Waals surface area contributed by atoms with E-state index in [0.717, 1.165) is 0 Å². The molecule has 0 spiro atoms. The fourth-order valence-electron chi connectivity index (χ4n) is 9.04. The Morgan fingerprint density at radius 2 is 1.32 bits per heavy atom. The van der Waals surface area contributed by atoms with Crippen LogP contribution in [0.15, 0.2) is 85.1 Å². The Labute approximate surface area is 441 Å². The van der Waals surface area contributed by atoms with E-state index in [0.29, 0.717) is 6.54 Å². The van der Waals surface area contributed by atoms with Crippen molar-refractivity contribution in [3.05, 3.63) is 85.1 Å². The zero-order chi connectivity index (χ0) is 55.8. The van der Waals surface area contributed by atoms with E-state index in [-0.39, 0.29) is 51.1 Å². The molecule has 21 nitrogen and oxygen atoms in total. The molecule has 0 saturated carbocycles. The average molecular weight is 1070 g/mol. The third-order valence-electron chi connectivity index (χ3n) is 13.5. The molecule has 14 N–H and O–H groups in total. The minimum Gasteiger partial charge on any atom is -0.462 e. The summed E-state index contributed by atoms with van der Waals surface area (Å²) in [6.07, 6.45) is 3.53. The van der Waals surface area contributed by atoms with Gasteiger partial charge in [-0.15, -0.1) is 0 Å². The van der Waals surface area contributed by atoms with Crippen LogP contribution in [-0.2, 0) is 33.3 Å². The molecule has 0 aliphatic carbocycles. The molecule has 0 aromatic heterocycles. The van der Waals surface area contributed by atoms with Crippen LogP contribution in [0.4, 0.5) is 0 Å². The van der Waals surface area contributed by atoms with Gasteiger partial charge in [0.2, 0.25) is 11.8 Å². The smallest absolute Gasteiger partial charge is 0.308 e. The van der Waals surface area contributed by atoms with E-state index >= 15 is 0 Å². The maximum atomic E-state index is 13.9. The Bertz CT molecular complexity index is 1930. The summed E-state index contributed by atoms with van der Waals surface area (Å²) in [5.41, 5.74) is 5.56. The third-order valence-corrected chi connectivity index (χ3v) is 13.5. The molecule has 3 aliphatic heterocycles. The van der Waals surface area contributed by atoms with Crippen molar-refractivity contribution in [3.8, 4) is 0 Å². The molecule has 75 heavy (non-hydrogen) atoms. The molecular formula is C54H88N4O17. The van der Waals surface area contributed by atoms with E-state index in [4.69, 9.17) is 24.7 Å². The molecule has 3 heterocycles. The van der Waals surface area contributed by atoms with Crippen LogP contribution in [0.1, 0.15) is 85.5 Å². The maximum Gasteiger partial charge on any atom is 0.308 e. The Morgan fingerprint density at radius 3 is 1.92 bits per heavy atom. The number of allylic oxidation sites excluding steroid dienone is 12. The molecule has 0 aromatic carbocycles. The van der Waals surface area contributed by atoms with Gasteiger partial charge in [-0.25, -0.2) is 0 Å². The highest BCUT2D eigenvalue weighted by molar-refractivity contribution is 5.80. The molecule has 2 bridgehead atoms. The van der Waals surface area contributed by atoms with Crippen molar-refractivity contribution in [1.29, 1.82) is 0 Å². The van der Waals surface area contributed by atoms with E-state index < -0.39 is 153 Å². The maximum absolute atomic E-state index is 13.9. The van der Waals surface area contributed by atoms with Crippen molar-refractivity contribution < 1.29 is 84.4 Å². The Hall–Kier alpha value is -4.01. The highest BCUT2D eigenvalue weighted by Crippen LogP contribution is 2.38. The second-order valence-electron chi connectivity index (χ2n) is 20.4. The van der Waals surface area contributed by atoms with Crippen molar-refractivity contribution in [2.75, 3.05) is 33.7 Å². The summed E-state index contributed by atoms with van der Waals surface area (Å²) < 4.78 is 24.0. The first-order valence-corrected chi connectivity index (χ1v) is 26.1. The number of likely N-dealkylation sites (N-methyl/N-ethyl adjacent to an activating group) is 1. The fraction of sp³-hybridized carbons (Fsp3) is 0.685. The number of esters is 1. The van der Waals surface area contributed by atoms with Crippen LogP contribution in [0.25, 0.3) is 0 Å². The molecule has 2 amide bonds. The van der Waals surface area contributed by atoms with Crippen LogP contribution >= 0.6 is 0 Å². The van der Waals surface area contributed by atoms with Gasteiger partial charge in [0.15, 0.2) is 12.1 Å². The number of carbonyl (C=O) groups excluding carboxylic acids is 3. The molecular weight excluding hydrogens is 977 g/mol. The molecule has 3 aliphatic rings. The largest absolute Gasteiger partial charge is 0.462 e. The van der Waals surface area contributed by atoms with Crippen molar-refractivity contribution in [2.24, 2.45) is 23.5 Å². The number of fused-ring (bicyclic) bond motifs is 2. The average Bonchev–Trinajstić information content (AvgIpc) is 3.32. The van der Waals surface area contributed by atoms with Gasteiger partial charge in [-0.05, 0) is 47.2 Å². The Morgan fingerprint density at radius 1 is 0.720 bits per heavy atom. The molecule has 3 rings (SSSR count). The molecule has 0 unspecified atom stereocenters. The number of carbonyl (C=O) groups is 3. The van der Waals surface area contributed by atoms with Crippen LogP contribution in [-0.4, -0.2) is 205 Å². The first-order chi connectivity index (χ1) is 35.4. The number of nitrogens with two attached hydrogens (primary N) is 1. The SMILES string of the molecule is C[C@@H]1[C@H](O)[C@@H](C)/C=C/C=C/C=C/C=C/C=C/C=C/C=C/[C@H](O[C@@H]2O[C@H](C)[C@@H](O)[C@H](NC(=O)CCN)[C@@H]2O)C[C@@H]2O[C@](O)(C[C@@H](O)C[C@@H](O)[C@H](O)CC[C@@H](O)C[C@@H](O)CC(=O)O[C@H]1C)C[C@H](O)[C@H]2C(=O)NCCN(C)C. The lowest BCUT2D eigenvalue weighted by Crippen LogP contribution is -2.64. The van der Waals surface area contributed by atoms with Crippen molar-refractivity contribution in [3.63, 3.8) is 0 Å². The van der Waals surface area contributed by atoms with E-state index in [9.17, 15) is 65.4 Å². The summed E-state index contributed by atoms with van der Waals surface area (Å²) in [5.74, 6) is -6.23. The second-order valence-corrected chi connectivity index (χ2v) is 20.4. The van der Waals surface area contributed by atoms with Crippen molar-refractivity contribution in [2.45, 2.75) is 183 Å². The Balaban J connectivity index is 1.98. The van der Waals surface area contributed by atoms with Crippen LogP contribution in [0.5, 0.6) is 0 Å². The lowest BCUT2D eigenvalue weighted by Gasteiger charge is -2.46. The van der Waals surface area contributed by atoms with Crippen LogP contribution in [0, 0.1) is 17.8 Å². The zero-order valence-electron chi connectivity index (χ0n) is 44.3. The second kappa shape index (κ2) is 33.3. The number of aliphatic hydroxyl groups is 10. The Kier molecular flexibility index (Phi) is 29.0. The summed E-state index contributed by atoms with van der Waals surface area (Å²) in [6, 6.07) is -1.23. The highest BCUT2D eigenvalue weighted by atomic mass is 16.7. The number of hydrogen-bond donors (Lipinski definition) is 13. The summed E-state index contributed by atoms with van der Waals surface area (Å²) in [6.45, 7) is 7.41. The van der Waals surface area contributed by atoms with E-state index in [1.54, 1.807) is 68.5 Å². The predicted molar refractivity (Wildman–Crippen MR) is 279 cm³/mol. The minimum atomic E-state index is -2.31. The first-order valence-electron chi connectivity index (χ1n) is 26.1. The standard InChI is InChI=1S/C54H88N4O17/c1-33-19-17-15-13-11-9-7-8-10-12-14-16-18-20-40(74-53-51(69)48(50(68)36(4)73-53)57-45(65)23-24-55)30-44-47(52(70)56-25-26-58(5)6)43(64)32-54(71,75-44)31-39(61)28-42(63)41(62)22-21-37(59)27-38(60)29-46(66)72-35(3)34(2)49(33)67/h7-20,33-44,47-51,53,59-64,67-69,71H,21-32,55H2,1-6H3,(H,56,70)(H,57,65)/b8-7+,11-9+,12-10+,15-13+,16-14+,19-17+,20-18+/t33-,34-,35-,36+,37+,38+,39-,40-,41+,42+,43-,44-,47+,48-,49+,50+,51-,53-,54+/m0/s1. The van der Waals surface area contributed by atoms with Gasteiger partial charge in [0.25, 0.3) is 0 Å². The van der Waals surface area contributed by atoms with E-state index in [1.165, 1.54) is 6.92 Å². The topological polar surface area (TPSA) is 344 Å². The third kappa shape index (κ3) is 23.2. The lowest BCUT2D eigenvalue weighted by molar-refractivity contribution is -0.307. The summed E-state index contributed by atoms with van der Waals surface area (Å²) >= 11 is 0. The van der Waals surface area contributed by atoms with Crippen LogP contribution < -0.4 is 16.4 Å². The molecule has 2 fully saturated rings. The van der Waals surface area contributed by atoms with Gasteiger partial charge in [0.1, 0.15) is 18.3 Å². The monoisotopic (exact) mass is 1060 g/mol. The van der Waals surface area contributed by atoms with E-state index in [1.807, 2.05) is 56.3 Å². The number of rotatable bonds is 9. The summed E-state index contributed by atoms with van der Waals surface area (Å²) in [5, 5.41) is 117. The predicted octanol–water partition coefficient (Wildman–Crippen LogP) is -0.189. The number of nitrogens with zero attached hydrogens (tertiary/aromatic N) is 1. The molecule has 21 heteroatoms. The number of amides is 2. The van der Waals surface area contributed by atoms with Gasteiger partial charge >= 0.3 is 5.97 Å². The highest BCUT2D eigenvalue weighted by Gasteiger charge is 2.51. The normalized spacial score (nSPS) is 41.0. The molecule has 0 aromatic rings. The van der Waals surface area contributed by atoms with Crippen molar-refractivity contribution >= 4 is 17.8 Å². The molecule has 0 radical (unpaired) electrons. The zero-order valence-corrected chi connectivity index (χ0v) is 44.3. The number of nitrogens with one attached hydrogen (secondary N) is 2. The number of cyclic esters (lactones) is 1. The minimum absolute atomic E-state index is 0.0183. The molecule has 19 atom stereocenters. The summed E-state index contributed by atoms with van der Waals surface area (Å²) in [4.78, 5) is 41.0. The fourth-order valence-corrected chi connectivity index (χ4v) is 9.04. The van der Waals surface area contributed by atoms with Gasteiger partial charge in [-0.2, -0.15) is 0 Å². The van der Waals surface area contributed by atoms with Gasteiger partial charge in [-0.1, -0.05) is 98.9 Å². The van der Waals surface area contributed by atoms with E-state index in [2.05, 4.69) is 10.6 Å². The molecule has 2 saturated heterocycles.